The fourth-order valence-electron chi connectivity index (χ4n) is 3.72. The zero-order valence-corrected chi connectivity index (χ0v) is 18.8. The molecule has 0 spiro atoms. The summed E-state index contributed by atoms with van der Waals surface area (Å²) in [5.41, 5.74) is 0.931. The summed E-state index contributed by atoms with van der Waals surface area (Å²) in [7, 11) is -3.25. The highest BCUT2D eigenvalue weighted by Crippen LogP contribution is 2.31. The van der Waals surface area contributed by atoms with Gasteiger partial charge >= 0.3 is 0 Å². The zero-order chi connectivity index (χ0) is 22.0. The molecule has 1 saturated heterocycles. The highest BCUT2D eigenvalue weighted by Gasteiger charge is 2.28. The van der Waals surface area contributed by atoms with Gasteiger partial charge < -0.3 is 4.90 Å². The molecule has 0 N–H and O–H groups in total. The summed E-state index contributed by atoms with van der Waals surface area (Å²) in [4.78, 5) is 11.3. The molecular formula is C22H24ClFN4O2S. The van der Waals surface area contributed by atoms with Gasteiger partial charge in [-0.1, -0.05) is 37.1 Å². The Morgan fingerprint density at radius 1 is 1.06 bits per heavy atom. The number of aromatic nitrogens is 2. The number of hydrogen-bond donors (Lipinski definition) is 0. The van der Waals surface area contributed by atoms with Crippen molar-refractivity contribution >= 4 is 38.3 Å². The third kappa shape index (κ3) is 4.66. The number of benzene rings is 2. The number of nitrogens with zero attached hydrogens (tertiary/aromatic N) is 4. The standard InChI is InChI=1S/C22H24ClFN4O2S/c1-2-3-14-31(29,30)28-12-10-27(11-13-28)22-18-9-8-16(23)15-20(18)25-21(26-22)17-6-4-5-7-19(17)24/h4-9,15H,2-3,10-14H2,1H3. The van der Waals surface area contributed by atoms with Crippen LogP contribution >= 0.6 is 11.6 Å². The molecule has 0 aliphatic carbocycles. The van der Waals surface area contributed by atoms with Crippen molar-refractivity contribution in [3.05, 3.63) is 53.3 Å². The van der Waals surface area contributed by atoms with Crippen LogP contribution in [0.4, 0.5) is 10.2 Å². The highest BCUT2D eigenvalue weighted by atomic mass is 35.5. The molecule has 31 heavy (non-hydrogen) atoms. The largest absolute Gasteiger partial charge is 0.353 e. The fourth-order valence-corrected chi connectivity index (χ4v) is 5.52. The lowest BCUT2D eigenvalue weighted by Gasteiger charge is -2.35. The number of halogens is 2. The summed E-state index contributed by atoms with van der Waals surface area (Å²) in [6.45, 7) is 3.75. The van der Waals surface area contributed by atoms with Gasteiger partial charge in [-0.3, -0.25) is 0 Å². The molecule has 4 rings (SSSR count). The Balaban J connectivity index is 1.68. The van der Waals surface area contributed by atoms with Crippen molar-refractivity contribution in [1.29, 1.82) is 0 Å². The Kier molecular flexibility index (Phi) is 6.41. The number of anilines is 1. The van der Waals surface area contributed by atoms with E-state index in [2.05, 4.69) is 9.97 Å². The maximum absolute atomic E-state index is 14.4. The van der Waals surface area contributed by atoms with Crippen LogP contribution < -0.4 is 4.90 Å². The van der Waals surface area contributed by atoms with Crippen molar-refractivity contribution < 1.29 is 12.8 Å². The van der Waals surface area contributed by atoms with E-state index in [9.17, 15) is 12.8 Å². The van der Waals surface area contributed by atoms with Gasteiger partial charge in [0.1, 0.15) is 11.6 Å². The molecular weight excluding hydrogens is 439 g/mol. The lowest BCUT2D eigenvalue weighted by atomic mass is 10.1. The molecule has 1 fully saturated rings. The first-order chi connectivity index (χ1) is 14.9. The van der Waals surface area contributed by atoms with Gasteiger partial charge in [0.15, 0.2) is 5.82 Å². The van der Waals surface area contributed by atoms with Crippen LogP contribution in [0.1, 0.15) is 19.8 Å². The number of fused-ring (bicyclic) bond motifs is 1. The molecule has 0 unspecified atom stereocenters. The van der Waals surface area contributed by atoms with Crippen molar-refractivity contribution in [3.63, 3.8) is 0 Å². The number of hydrogen-bond acceptors (Lipinski definition) is 5. The molecule has 2 heterocycles. The minimum atomic E-state index is -3.25. The normalized spacial score (nSPS) is 15.5. The molecule has 1 aromatic heterocycles. The summed E-state index contributed by atoms with van der Waals surface area (Å²) in [5, 5.41) is 1.33. The van der Waals surface area contributed by atoms with Crippen LogP contribution in [0.5, 0.6) is 0 Å². The third-order valence-corrected chi connectivity index (χ3v) is 7.63. The van der Waals surface area contributed by atoms with Gasteiger partial charge in [0.25, 0.3) is 0 Å². The molecule has 0 bridgehead atoms. The van der Waals surface area contributed by atoms with Gasteiger partial charge in [-0.05, 0) is 36.8 Å². The van der Waals surface area contributed by atoms with E-state index >= 15 is 0 Å². The average Bonchev–Trinajstić information content (AvgIpc) is 2.77. The van der Waals surface area contributed by atoms with E-state index in [1.54, 1.807) is 34.6 Å². The van der Waals surface area contributed by atoms with Crippen molar-refractivity contribution in [1.82, 2.24) is 14.3 Å². The van der Waals surface area contributed by atoms with Crippen LogP contribution in [0.25, 0.3) is 22.3 Å². The van der Waals surface area contributed by atoms with Crippen LogP contribution in [0.2, 0.25) is 5.02 Å². The zero-order valence-electron chi connectivity index (χ0n) is 17.3. The van der Waals surface area contributed by atoms with Gasteiger partial charge in [0, 0.05) is 36.6 Å². The third-order valence-electron chi connectivity index (χ3n) is 5.44. The Morgan fingerprint density at radius 3 is 2.52 bits per heavy atom. The molecule has 9 heteroatoms. The van der Waals surface area contributed by atoms with E-state index in [0.717, 1.165) is 11.8 Å². The summed E-state index contributed by atoms with van der Waals surface area (Å²) >= 11 is 6.18. The lowest BCUT2D eigenvalue weighted by Crippen LogP contribution is -2.49. The summed E-state index contributed by atoms with van der Waals surface area (Å²) in [6, 6.07) is 11.7. The second-order valence-corrected chi connectivity index (χ2v) is 10.1. The number of piperazine rings is 1. The van der Waals surface area contributed by atoms with Crippen molar-refractivity contribution in [2.75, 3.05) is 36.8 Å². The van der Waals surface area contributed by atoms with Gasteiger partial charge in [0.2, 0.25) is 10.0 Å². The van der Waals surface area contributed by atoms with Crippen molar-refractivity contribution in [2.24, 2.45) is 0 Å². The Hall–Kier alpha value is -2.29. The molecule has 3 aromatic rings. The fraction of sp³-hybridized carbons (Fsp3) is 0.364. The predicted molar refractivity (Wildman–Crippen MR) is 122 cm³/mol. The number of sulfonamides is 1. The first kappa shape index (κ1) is 21.9. The summed E-state index contributed by atoms with van der Waals surface area (Å²) < 4.78 is 41.1. The van der Waals surface area contributed by atoms with Crippen molar-refractivity contribution in [2.45, 2.75) is 19.8 Å². The van der Waals surface area contributed by atoms with Gasteiger partial charge in [-0.25, -0.2) is 22.8 Å². The molecule has 1 aliphatic heterocycles. The lowest BCUT2D eigenvalue weighted by molar-refractivity contribution is 0.383. The van der Waals surface area contributed by atoms with E-state index in [1.165, 1.54) is 6.07 Å². The van der Waals surface area contributed by atoms with Crippen LogP contribution in [0.15, 0.2) is 42.5 Å². The quantitative estimate of drug-likeness (QED) is 0.545. The van der Waals surface area contributed by atoms with Gasteiger partial charge in [-0.15, -0.1) is 0 Å². The second kappa shape index (κ2) is 9.06. The minimum Gasteiger partial charge on any atom is -0.353 e. The number of unbranched alkanes of at least 4 members (excludes halogenated alkanes) is 1. The average molecular weight is 463 g/mol. The predicted octanol–water partition coefficient (Wildman–Crippen LogP) is 4.34. The molecule has 0 radical (unpaired) electrons. The highest BCUT2D eigenvalue weighted by molar-refractivity contribution is 7.89. The smallest absolute Gasteiger partial charge is 0.214 e. The van der Waals surface area contributed by atoms with Crippen LogP contribution in [-0.2, 0) is 10.0 Å². The first-order valence-corrected chi connectivity index (χ1v) is 12.3. The van der Waals surface area contributed by atoms with E-state index in [-0.39, 0.29) is 11.6 Å². The summed E-state index contributed by atoms with van der Waals surface area (Å²) in [5.74, 6) is 0.712. The molecule has 6 nitrogen and oxygen atoms in total. The topological polar surface area (TPSA) is 66.4 Å². The SMILES string of the molecule is CCCCS(=O)(=O)N1CCN(c2nc(-c3ccccc3F)nc3cc(Cl)ccc23)CC1. The van der Waals surface area contributed by atoms with Crippen LogP contribution in [0, 0.1) is 5.82 Å². The van der Waals surface area contributed by atoms with E-state index in [0.29, 0.717) is 54.5 Å². The molecule has 1 aliphatic rings. The monoisotopic (exact) mass is 462 g/mol. The Labute approximate surface area is 186 Å². The Bertz CT molecular complexity index is 1200. The van der Waals surface area contributed by atoms with Crippen LogP contribution in [0.3, 0.4) is 0 Å². The second-order valence-electron chi connectivity index (χ2n) is 7.57. The molecule has 2 aromatic carbocycles. The van der Waals surface area contributed by atoms with Gasteiger partial charge in [0.05, 0.1) is 16.8 Å². The van der Waals surface area contributed by atoms with Gasteiger partial charge in [-0.2, -0.15) is 4.31 Å². The van der Waals surface area contributed by atoms with E-state index < -0.39 is 15.8 Å². The molecule has 0 atom stereocenters. The van der Waals surface area contributed by atoms with Crippen LogP contribution in [-0.4, -0.2) is 54.6 Å². The van der Waals surface area contributed by atoms with E-state index in [4.69, 9.17) is 11.6 Å². The number of rotatable bonds is 6. The molecule has 0 amide bonds. The minimum absolute atomic E-state index is 0.176. The maximum Gasteiger partial charge on any atom is 0.214 e. The summed E-state index contributed by atoms with van der Waals surface area (Å²) in [6.07, 6.45) is 1.50. The Morgan fingerprint density at radius 2 is 1.81 bits per heavy atom. The first-order valence-electron chi connectivity index (χ1n) is 10.3. The van der Waals surface area contributed by atoms with E-state index in [1.807, 2.05) is 17.9 Å². The van der Waals surface area contributed by atoms with Crippen molar-refractivity contribution in [3.8, 4) is 11.4 Å². The molecule has 164 valence electrons. The molecule has 0 saturated carbocycles. The maximum atomic E-state index is 14.4.